The summed E-state index contributed by atoms with van der Waals surface area (Å²) in [5.41, 5.74) is 5.46. The quantitative estimate of drug-likeness (QED) is 0.683. The molecular weight excluding hydrogens is 152 g/mol. The Kier molecular flexibility index (Phi) is 4.90. The molecule has 2 unspecified atom stereocenters. The van der Waals surface area contributed by atoms with E-state index < -0.39 is 0 Å². The third-order valence-corrected chi connectivity index (χ3v) is 2.38. The normalized spacial score (nSPS) is 15.4. The van der Waals surface area contributed by atoms with Crippen LogP contribution in [0.5, 0.6) is 0 Å². The van der Waals surface area contributed by atoms with Crippen molar-refractivity contribution in [2.75, 3.05) is 13.6 Å². The van der Waals surface area contributed by atoms with Gasteiger partial charge in [-0.25, -0.2) is 0 Å². The summed E-state index contributed by atoms with van der Waals surface area (Å²) in [7, 11) is 1.81. The molecular formula is C9H20N2O. The van der Waals surface area contributed by atoms with E-state index in [1.807, 2.05) is 27.8 Å². The smallest absolute Gasteiger partial charge is 0.225 e. The fraction of sp³-hybridized carbons (Fsp3) is 0.889. The Hall–Kier alpha value is -0.570. The Morgan fingerprint density at radius 3 is 2.33 bits per heavy atom. The summed E-state index contributed by atoms with van der Waals surface area (Å²) in [6, 6.07) is 0.145. The van der Waals surface area contributed by atoms with E-state index in [9.17, 15) is 4.79 Å². The van der Waals surface area contributed by atoms with Gasteiger partial charge in [-0.15, -0.1) is 0 Å². The Morgan fingerprint density at radius 1 is 1.50 bits per heavy atom. The number of rotatable bonds is 4. The number of hydrogen-bond donors (Lipinski definition) is 1. The first-order chi connectivity index (χ1) is 5.54. The molecule has 2 N–H and O–H groups in total. The predicted molar refractivity (Wildman–Crippen MR) is 50.7 cm³/mol. The van der Waals surface area contributed by atoms with E-state index in [0.717, 1.165) is 6.42 Å². The van der Waals surface area contributed by atoms with Crippen molar-refractivity contribution in [3.05, 3.63) is 0 Å². The van der Waals surface area contributed by atoms with Crippen LogP contribution in [0.4, 0.5) is 0 Å². The van der Waals surface area contributed by atoms with Crippen molar-refractivity contribution in [3.8, 4) is 0 Å². The molecule has 0 radical (unpaired) electrons. The number of likely N-dealkylation sites (N-methyl/N-ethyl adjacent to an activating group) is 1. The van der Waals surface area contributed by atoms with Gasteiger partial charge < -0.3 is 10.6 Å². The van der Waals surface area contributed by atoms with Crippen LogP contribution in [-0.4, -0.2) is 30.4 Å². The minimum absolute atomic E-state index is 0.115. The first-order valence-corrected chi connectivity index (χ1v) is 4.51. The van der Waals surface area contributed by atoms with Crippen molar-refractivity contribution in [1.82, 2.24) is 4.90 Å². The van der Waals surface area contributed by atoms with Crippen molar-refractivity contribution in [3.63, 3.8) is 0 Å². The number of nitrogens with zero attached hydrogens (tertiary/aromatic N) is 1. The fourth-order valence-electron chi connectivity index (χ4n) is 0.898. The lowest BCUT2D eigenvalue weighted by Gasteiger charge is -2.26. The molecule has 0 heterocycles. The van der Waals surface area contributed by atoms with E-state index in [1.165, 1.54) is 0 Å². The number of amides is 1. The predicted octanol–water partition coefficient (Wildman–Crippen LogP) is 0.838. The molecule has 2 atom stereocenters. The second-order valence-corrected chi connectivity index (χ2v) is 3.34. The third-order valence-electron chi connectivity index (χ3n) is 2.38. The van der Waals surface area contributed by atoms with Crippen molar-refractivity contribution in [1.29, 1.82) is 0 Å². The van der Waals surface area contributed by atoms with Gasteiger partial charge in [0.15, 0.2) is 0 Å². The highest BCUT2D eigenvalue weighted by molar-refractivity contribution is 5.78. The molecule has 0 aromatic rings. The van der Waals surface area contributed by atoms with Crippen LogP contribution in [0.25, 0.3) is 0 Å². The number of carbonyl (C=O) groups excluding carboxylic acids is 1. The van der Waals surface area contributed by atoms with Crippen molar-refractivity contribution < 1.29 is 4.79 Å². The molecule has 0 rings (SSSR count). The van der Waals surface area contributed by atoms with Crippen LogP contribution in [0, 0.1) is 5.92 Å². The molecule has 1 amide bonds. The van der Waals surface area contributed by atoms with Gasteiger partial charge in [0.25, 0.3) is 0 Å². The summed E-state index contributed by atoms with van der Waals surface area (Å²) >= 11 is 0. The fourth-order valence-corrected chi connectivity index (χ4v) is 0.898. The van der Waals surface area contributed by atoms with Gasteiger partial charge in [-0.1, -0.05) is 13.8 Å². The average Bonchev–Trinajstić information content (AvgIpc) is 2.12. The van der Waals surface area contributed by atoms with E-state index in [4.69, 9.17) is 5.73 Å². The van der Waals surface area contributed by atoms with Gasteiger partial charge >= 0.3 is 0 Å². The topological polar surface area (TPSA) is 46.3 Å². The molecule has 3 heteroatoms. The van der Waals surface area contributed by atoms with E-state index in [-0.39, 0.29) is 17.9 Å². The minimum Gasteiger partial charge on any atom is -0.342 e. The average molecular weight is 172 g/mol. The van der Waals surface area contributed by atoms with Crippen LogP contribution < -0.4 is 5.73 Å². The molecule has 0 aromatic heterocycles. The van der Waals surface area contributed by atoms with Crippen LogP contribution in [-0.2, 0) is 4.79 Å². The highest BCUT2D eigenvalue weighted by Crippen LogP contribution is 2.07. The lowest BCUT2D eigenvalue weighted by atomic mass is 10.1. The SMILES string of the molecule is CCC(C)C(=O)N(C)C(C)CN. The summed E-state index contributed by atoms with van der Waals surface area (Å²) in [5.74, 6) is 0.305. The van der Waals surface area contributed by atoms with Gasteiger partial charge in [0.1, 0.15) is 0 Å². The lowest BCUT2D eigenvalue weighted by Crippen LogP contribution is -2.42. The standard InChI is InChI=1S/C9H20N2O/c1-5-7(2)9(12)11(4)8(3)6-10/h7-8H,5-6,10H2,1-4H3. The van der Waals surface area contributed by atoms with Gasteiger partial charge in [0.2, 0.25) is 5.91 Å². The molecule has 0 saturated heterocycles. The maximum Gasteiger partial charge on any atom is 0.225 e. The van der Waals surface area contributed by atoms with Crippen molar-refractivity contribution in [2.45, 2.75) is 33.2 Å². The summed E-state index contributed by atoms with van der Waals surface area (Å²) in [5, 5.41) is 0. The zero-order valence-electron chi connectivity index (χ0n) is 8.50. The van der Waals surface area contributed by atoms with Crippen molar-refractivity contribution >= 4 is 5.91 Å². The Morgan fingerprint density at radius 2 is 2.00 bits per heavy atom. The molecule has 0 bridgehead atoms. The summed E-state index contributed by atoms with van der Waals surface area (Å²) < 4.78 is 0. The van der Waals surface area contributed by atoms with E-state index in [1.54, 1.807) is 4.90 Å². The Balaban J connectivity index is 4.09. The van der Waals surface area contributed by atoms with Crippen LogP contribution in [0.2, 0.25) is 0 Å². The molecule has 0 aliphatic rings. The van der Waals surface area contributed by atoms with E-state index in [2.05, 4.69) is 0 Å². The van der Waals surface area contributed by atoms with E-state index >= 15 is 0 Å². The van der Waals surface area contributed by atoms with Crippen LogP contribution >= 0.6 is 0 Å². The first-order valence-electron chi connectivity index (χ1n) is 4.51. The molecule has 0 aromatic carbocycles. The van der Waals surface area contributed by atoms with Crippen LogP contribution in [0.3, 0.4) is 0 Å². The molecule has 0 saturated carbocycles. The summed E-state index contributed by atoms with van der Waals surface area (Å²) in [4.78, 5) is 13.3. The molecule has 3 nitrogen and oxygen atoms in total. The molecule has 0 aliphatic carbocycles. The largest absolute Gasteiger partial charge is 0.342 e. The molecule has 72 valence electrons. The van der Waals surface area contributed by atoms with Gasteiger partial charge in [0.05, 0.1) is 0 Å². The minimum atomic E-state index is 0.115. The number of carbonyl (C=O) groups is 1. The van der Waals surface area contributed by atoms with Gasteiger partial charge in [-0.2, -0.15) is 0 Å². The van der Waals surface area contributed by atoms with Crippen molar-refractivity contribution in [2.24, 2.45) is 11.7 Å². The molecule has 0 spiro atoms. The maximum absolute atomic E-state index is 11.5. The molecule has 12 heavy (non-hydrogen) atoms. The first kappa shape index (κ1) is 11.4. The van der Waals surface area contributed by atoms with Gasteiger partial charge in [-0.05, 0) is 13.3 Å². The van der Waals surface area contributed by atoms with Gasteiger partial charge in [0, 0.05) is 25.6 Å². The zero-order chi connectivity index (χ0) is 9.72. The Labute approximate surface area is 74.9 Å². The zero-order valence-corrected chi connectivity index (χ0v) is 8.50. The maximum atomic E-state index is 11.5. The second-order valence-electron chi connectivity index (χ2n) is 3.34. The summed E-state index contributed by atoms with van der Waals surface area (Å²) in [6.45, 7) is 6.45. The second kappa shape index (κ2) is 5.14. The van der Waals surface area contributed by atoms with Crippen LogP contribution in [0.15, 0.2) is 0 Å². The lowest BCUT2D eigenvalue weighted by molar-refractivity contribution is -0.135. The van der Waals surface area contributed by atoms with Crippen LogP contribution in [0.1, 0.15) is 27.2 Å². The highest BCUT2D eigenvalue weighted by Gasteiger charge is 2.18. The highest BCUT2D eigenvalue weighted by atomic mass is 16.2. The number of hydrogen-bond acceptors (Lipinski definition) is 2. The van der Waals surface area contributed by atoms with Gasteiger partial charge in [-0.3, -0.25) is 4.79 Å². The summed E-state index contributed by atoms with van der Waals surface area (Å²) in [6.07, 6.45) is 0.889. The number of nitrogens with two attached hydrogens (primary N) is 1. The molecule has 0 aliphatic heterocycles. The third kappa shape index (κ3) is 2.81. The Bertz CT molecular complexity index is 147. The molecule has 0 fully saturated rings. The van der Waals surface area contributed by atoms with E-state index in [0.29, 0.717) is 6.54 Å². The monoisotopic (exact) mass is 172 g/mol.